The van der Waals surface area contributed by atoms with Crippen LogP contribution in [-0.2, 0) is 11.2 Å². The predicted molar refractivity (Wildman–Crippen MR) is 105 cm³/mol. The first kappa shape index (κ1) is 17.8. The highest BCUT2D eigenvalue weighted by molar-refractivity contribution is 9.11. The Balaban J connectivity index is 1.76. The molecule has 0 fully saturated rings. The van der Waals surface area contributed by atoms with Gasteiger partial charge in [0.15, 0.2) is 0 Å². The molecule has 0 aliphatic rings. The zero-order valence-corrected chi connectivity index (χ0v) is 16.9. The number of carbonyl (C=O) groups is 1. The Morgan fingerprint density at radius 3 is 2.56 bits per heavy atom. The Labute approximate surface area is 162 Å². The van der Waals surface area contributed by atoms with Crippen molar-refractivity contribution in [1.29, 1.82) is 0 Å². The first-order chi connectivity index (χ1) is 11.9. The summed E-state index contributed by atoms with van der Waals surface area (Å²) in [5.74, 6) is -0.141. The molecule has 3 aromatic rings. The zero-order valence-electron chi connectivity index (χ0n) is 13.8. The molecule has 25 heavy (non-hydrogen) atoms. The van der Waals surface area contributed by atoms with Crippen LogP contribution in [-0.4, -0.2) is 20.9 Å². The van der Waals surface area contributed by atoms with Gasteiger partial charge in [0.2, 0.25) is 5.91 Å². The molecule has 0 atom stereocenters. The van der Waals surface area contributed by atoms with Crippen molar-refractivity contribution in [2.45, 2.75) is 20.3 Å². The summed E-state index contributed by atoms with van der Waals surface area (Å²) >= 11 is 6.83. The number of hydrogen-bond donors (Lipinski definition) is 1. The van der Waals surface area contributed by atoms with E-state index in [0.717, 1.165) is 20.3 Å². The largest absolute Gasteiger partial charge is 0.325 e. The fourth-order valence-electron chi connectivity index (χ4n) is 2.39. The summed E-state index contributed by atoms with van der Waals surface area (Å²) in [6.45, 7) is 3.95. The van der Waals surface area contributed by atoms with Crippen molar-refractivity contribution < 1.29 is 4.79 Å². The first-order valence-electron chi connectivity index (χ1n) is 7.67. The third-order valence-electron chi connectivity index (χ3n) is 3.80. The van der Waals surface area contributed by atoms with Crippen LogP contribution in [0.5, 0.6) is 0 Å². The van der Waals surface area contributed by atoms with Crippen LogP contribution in [0.4, 0.5) is 5.69 Å². The van der Waals surface area contributed by atoms with Crippen molar-refractivity contribution in [1.82, 2.24) is 15.0 Å². The average Bonchev–Trinajstić information content (AvgIpc) is 2.92. The Morgan fingerprint density at radius 1 is 1.12 bits per heavy atom. The Kier molecular flexibility index (Phi) is 5.34. The van der Waals surface area contributed by atoms with Gasteiger partial charge in [0.1, 0.15) is 0 Å². The van der Waals surface area contributed by atoms with Crippen LogP contribution in [0.25, 0.3) is 5.69 Å². The third kappa shape index (κ3) is 4.16. The van der Waals surface area contributed by atoms with Gasteiger partial charge < -0.3 is 5.32 Å². The van der Waals surface area contributed by atoms with Gasteiger partial charge in [-0.1, -0.05) is 38.8 Å². The van der Waals surface area contributed by atoms with Gasteiger partial charge in [-0.25, -0.2) is 4.68 Å². The maximum Gasteiger partial charge on any atom is 0.230 e. The van der Waals surface area contributed by atoms with Crippen molar-refractivity contribution in [3.05, 3.63) is 68.4 Å². The third-order valence-corrected chi connectivity index (χ3v) is 4.98. The Morgan fingerprint density at radius 2 is 1.84 bits per heavy atom. The van der Waals surface area contributed by atoms with Crippen molar-refractivity contribution in [3.63, 3.8) is 0 Å². The predicted octanol–water partition coefficient (Wildman–Crippen LogP) is 4.59. The molecule has 7 heteroatoms. The molecular weight excluding hydrogens is 448 g/mol. The summed E-state index contributed by atoms with van der Waals surface area (Å²) in [4.78, 5) is 12.4. The SMILES string of the molecule is Cc1ccc(-n2nnc(CC(=O)Nc3cc(Br)ccc3Br)c2C)cc1. The minimum Gasteiger partial charge on any atom is -0.325 e. The van der Waals surface area contributed by atoms with E-state index in [1.165, 1.54) is 5.56 Å². The van der Waals surface area contributed by atoms with Gasteiger partial charge in [0, 0.05) is 8.95 Å². The van der Waals surface area contributed by atoms with E-state index < -0.39 is 0 Å². The highest BCUT2D eigenvalue weighted by Gasteiger charge is 2.15. The second-order valence-corrected chi connectivity index (χ2v) is 7.49. The molecule has 1 heterocycles. The maximum absolute atomic E-state index is 12.4. The lowest BCUT2D eigenvalue weighted by atomic mass is 10.2. The van der Waals surface area contributed by atoms with E-state index in [0.29, 0.717) is 11.4 Å². The van der Waals surface area contributed by atoms with Crippen LogP contribution in [0, 0.1) is 13.8 Å². The van der Waals surface area contributed by atoms with Crippen LogP contribution >= 0.6 is 31.9 Å². The minimum absolute atomic E-state index is 0.141. The number of aromatic nitrogens is 3. The number of amides is 1. The number of anilines is 1. The number of rotatable bonds is 4. The molecule has 2 aromatic carbocycles. The van der Waals surface area contributed by atoms with Crippen LogP contribution in [0.2, 0.25) is 0 Å². The van der Waals surface area contributed by atoms with Crippen LogP contribution in [0.15, 0.2) is 51.4 Å². The second-order valence-electron chi connectivity index (χ2n) is 5.72. The summed E-state index contributed by atoms with van der Waals surface area (Å²) in [6, 6.07) is 13.6. The Hall–Kier alpha value is -1.99. The van der Waals surface area contributed by atoms with Gasteiger partial charge in [-0.05, 0) is 60.1 Å². The first-order valence-corrected chi connectivity index (χ1v) is 9.26. The number of halogens is 2. The molecule has 128 valence electrons. The second kappa shape index (κ2) is 7.49. The fraction of sp³-hybridized carbons (Fsp3) is 0.167. The number of carbonyl (C=O) groups excluding carboxylic acids is 1. The molecule has 1 N–H and O–H groups in total. The minimum atomic E-state index is -0.141. The summed E-state index contributed by atoms with van der Waals surface area (Å²) < 4.78 is 3.47. The maximum atomic E-state index is 12.4. The number of aryl methyl sites for hydroxylation is 1. The summed E-state index contributed by atoms with van der Waals surface area (Å²) in [5, 5.41) is 11.2. The van der Waals surface area contributed by atoms with E-state index in [1.54, 1.807) is 4.68 Å². The molecule has 1 aromatic heterocycles. The molecule has 0 saturated heterocycles. The van der Waals surface area contributed by atoms with Gasteiger partial charge >= 0.3 is 0 Å². The number of hydrogen-bond acceptors (Lipinski definition) is 3. The van der Waals surface area contributed by atoms with Crippen molar-refractivity contribution in [2.75, 3.05) is 5.32 Å². The van der Waals surface area contributed by atoms with Gasteiger partial charge in [-0.3, -0.25) is 4.79 Å². The normalized spacial score (nSPS) is 10.7. The molecule has 0 unspecified atom stereocenters. The van der Waals surface area contributed by atoms with Crippen molar-refractivity contribution in [2.24, 2.45) is 0 Å². The molecule has 0 aliphatic heterocycles. The summed E-state index contributed by atoms with van der Waals surface area (Å²) in [5.41, 5.74) is 4.33. The fourth-order valence-corrected chi connectivity index (χ4v) is 3.10. The summed E-state index contributed by atoms with van der Waals surface area (Å²) in [7, 11) is 0. The van der Waals surface area contributed by atoms with E-state index in [1.807, 2.05) is 56.3 Å². The van der Waals surface area contributed by atoms with E-state index in [4.69, 9.17) is 0 Å². The van der Waals surface area contributed by atoms with E-state index in [-0.39, 0.29) is 12.3 Å². The lowest BCUT2D eigenvalue weighted by Gasteiger charge is -2.08. The molecule has 0 bridgehead atoms. The smallest absolute Gasteiger partial charge is 0.230 e. The molecule has 0 saturated carbocycles. The lowest BCUT2D eigenvalue weighted by Crippen LogP contribution is -2.15. The van der Waals surface area contributed by atoms with E-state index in [2.05, 4.69) is 47.5 Å². The number of nitrogens with zero attached hydrogens (tertiary/aromatic N) is 3. The molecule has 0 spiro atoms. The molecule has 3 rings (SSSR count). The summed E-state index contributed by atoms with van der Waals surface area (Å²) in [6.07, 6.45) is 0.163. The topological polar surface area (TPSA) is 59.8 Å². The zero-order chi connectivity index (χ0) is 18.0. The molecule has 0 aliphatic carbocycles. The van der Waals surface area contributed by atoms with Crippen molar-refractivity contribution in [3.8, 4) is 5.69 Å². The molecule has 1 amide bonds. The highest BCUT2D eigenvalue weighted by atomic mass is 79.9. The van der Waals surface area contributed by atoms with Crippen molar-refractivity contribution >= 4 is 43.5 Å². The molecule has 0 radical (unpaired) electrons. The molecular formula is C18H16Br2N4O. The van der Waals surface area contributed by atoms with E-state index in [9.17, 15) is 4.79 Å². The van der Waals surface area contributed by atoms with Gasteiger partial charge in [0.25, 0.3) is 0 Å². The quantitative estimate of drug-likeness (QED) is 0.615. The van der Waals surface area contributed by atoms with Gasteiger partial charge in [-0.15, -0.1) is 5.10 Å². The van der Waals surface area contributed by atoms with Gasteiger partial charge in [0.05, 0.1) is 29.2 Å². The van der Waals surface area contributed by atoms with Crippen LogP contribution < -0.4 is 5.32 Å². The van der Waals surface area contributed by atoms with E-state index >= 15 is 0 Å². The number of nitrogens with one attached hydrogen (secondary N) is 1. The molecule has 5 nitrogen and oxygen atoms in total. The number of benzene rings is 2. The highest BCUT2D eigenvalue weighted by Crippen LogP contribution is 2.26. The Bertz CT molecular complexity index is 919. The lowest BCUT2D eigenvalue weighted by molar-refractivity contribution is -0.115. The van der Waals surface area contributed by atoms with Gasteiger partial charge in [-0.2, -0.15) is 0 Å². The standard InChI is InChI=1S/C18H16Br2N4O/c1-11-3-6-14(7-4-11)24-12(2)16(22-23-24)10-18(25)21-17-9-13(19)5-8-15(17)20/h3-9H,10H2,1-2H3,(H,21,25). The van der Waals surface area contributed by atoms with Crippen LogP contribution in [0.1, 0.15) is 17.0 Å². The average molecular weight is 464 g/mol. The van der Waals surface area contributed by atoms with Crippen LogP contribution in [0.3, 0.4) is 0 Å². The monoisotopic (exact) mass is 462 g/mol.